The standard InChI is InChI=1S/C17H22N2O5/c1-23-13-6-3-5-12(9-13)10-15(20)18-11-16(21)19-8-4-7-14(19)17(22)24-2/h3,5-6,9,14H,4,7-8,10-11H2,1-2H3,(H,18,20). The van der Waals surface area contributed by atoms with Crippen molar-refractivity contribution in [3.8, 4) is 5.75 Å². The van der Waals surface area contributed by atoms with Crippen molar-refractivity contribution >= 4 is 17.8 Å². The van der Waals surface area contributed by atoms with Crippen molar-refractivity contribution in [1.29, 1.82) is 0 Å². The van der Waals surface area contributed by atoms with Crippen LogP contribution in [0, 0.1) is 0 Å². The molecule has 0 aromatic heterocycles. The van der Waals surface area contributed by atoms with Crippen LogP contribution in [0.3, 0.4) is 0 Å². The second kappa shape index (κ2) is 8.33. The number of hydrogen-bond acceptors (Lipinski definition) is 5. The van der Waals surface area contributed by atoms with Gasteiger partial charge < -0.3 is 19.7 Å². The van der Waals surface area contributed by atoms with Gasteiger partial charge in [-0.05, 0) is 30.5 Å². The Morgan fingerprint density at radius 2 is 2.08 bits per heavy atom. The molecule has 2 amide bonds. The van der Waals surface area contributed by atoms with E-state index in [2.05, 4.69) is 5.32 Å². The minimum atomic E-state index is -0.544. The first-order chi connectivity index (χ1) is 11.5. The molecule has 130 valence electrons. The summed E-state index contributed by atoms with van der Waals surface area (Å²) < 4.78 is 9.82. The van der Waals surface area contributed by atoms with Gasteiger partial charge in [0.15, 0.2) is 0 Å². The van der Waals surface area contributed by atoms with E-state index in [4.69, 9.17) is 9.47 Å². The number of rotatable bonds is 6. The average molecular weight is 334 g/mol. The molecule has 0 spiro atoms. The lowest BCUT2D eigenvalue weighted by atomic mass is 10.1. The first-order valence-corrected chi connectivity index (χ1v) is 7.82. The normalized spacial score (nSPS) is 16.6. The average Bonchev–Trinajstić information content (AvgIpc) is 3.09. The highest BCUT2D eigenvalue weighted by Gasteiger charge is 2.34. The lowest BCUT2D eigenvalue weighted by Crippen LogP contribution is -2.46. The summed E-state index contributed by atoms with van der Waals surface area (Å²) in [6.45, 7) is 0.376. The van der Waals surface area contributed by atoms with E-state index in [-0.39, 0.29) is 24.8 Å². The predicted octanol–water partition coefficient (Wildman–Crippen LogP) is 0.518. The molecule has 1 atom stereocenters. The highest BCUT2D eigenvalue weighted by molar-refractivity contribution is 5.89. The van der Waals surface area contributed by atoms with E-state index in [0.29, 0.717) is 18.7 Å². The molecule has 0 bridgehead atoms. The molecule has 1 heterocycles. The van der Waals surface area contributed by atoms with Gasteiger partial charge in [0.25, 0.3) is 0 Å². The lowest BCUT2D eigenvalue weighted by molar-refractivity contribution is -0.150. The fourth-order valence-electron chi connectivity index (χ4n) is 2.75. The Morgan fingerprint density at radius 1 is 1.29 bits per heavy atom. The van der Waals surface area contributed by atoms with E-state index in [1.54, 1.807) is 25.3 Å². The smallest absolute Gasteiger partial charge is 0.328 e. The van der Waals surface area contributed by atoms with E-state index < -0.39 is 12.0 Å². The van der Waals surface area contributed by atoms with E-state index in [9.17, 15) is 14.4 Å². The van der Waals surface area contributed by atoms with E-state index in [1.165, 1.54) is 12.0 Å². The van der Waals surface area contributed by atoms with Crippen molar-refractivity contribution in [3.05, 3.63) is 29.8 Å². The molecule has 7 heteroatoms. The molecular formula is C17H22N2O5. The summed E-state index contributed by atoms with van der Waals surface area (Å²) in [6.07, 6.45) is 1.50. The fraction of sp³-hybridized carbons (Fsp3) is 0.471. The molecular weight excluding hydrogens is 312 g/mol. The van der Waals surface area contributed by atoms with Gasteiger partial charge in [-0.1, -0.05) is 12.1 Å². The number of ether oxygens (including phenoxy) is 2. The van der Waals surface area contributed by atoms with Gasteiger partial charge in [-0.3, -0.25) is 9.59 Å². The predicted molar refractivity (Wildman–Crippen MR) is 86.5 cm³/mol. The van der Waals surface area contributed by atoms with E-state index in [1.807, 2.05) is 6.07 Å². The Labute approximate surface area is 140 Å². The number of carbonyl (C=O) groups excluding carboxylic acids is 3. The van der Waals surface area contributed by atoms with Crippen LogP contribution in [-0.4, -0.2) is 56.0 Å². The SMILES string of the molecule is COC(=O)C1CCCN1C(=O)CNC(=O)Cc1cccc(OC)c1. The van der Waals surface area contributed by atoms with Crippen LogP contribution >= 0.6 is 0 Å². The Balaban J connectivity index is 1.84. The number of amides is 2. The van der Waals surface area contributed by atoms with Gasteiger partial charge in [-0.2, -0.15) is 0 Å². The van der Waals surface area contributed by atoms with E-state index in [0.717, 1.165) is 12.0 Å². The Bertz CT molecular complexity index is 617. The minimum absolute atomic E-state index is 0.129. The molecule has 1 N–H and O–H groups in total. The monoisotopic (exact) mass is 334 g/mol. The minimum Gasteiger partial charge on any atom is -0.497 e. The summed E-state index contributed by atoms with van der Waals surface area (Å²) in [5.41, 5.74) is 0.799. The van der Waals surface area contributed by atoms with Crippen LogP contribution in [0.2, 0.25) is 0 Å². The van der Waals surface area contributed by atoms with Gasteiger partial charge in [0, 0.05) is 6.54 Å². The molecule has 0 saturated carbocycles. The van der Waals surface area contributed by atoms with Crippen LogP contribution in [0.4, 0.5) is 0 Å². The zero-order valence-electron chi connectivity index (χ0n) is 13.9. The van der Waals surface area contributed by atoms with Crippen molar-refractivity contribution in [1.82, 2.24) is 10.2 Å². The molecule has 1 unspecified atom stereocenters. The largest absolute Gasteiger partial charge is 0.497 e. The van der Waals surface area contributed by atoms with E-state index >= 15 is 0 Å². The van der Waals surface area contributed by atoms with Crippen LogP contribution in [0.5, 0.6) is 5.75 Å². The number of hydrogen-bond donors (Lipinski definition) is 1. The summed E-state index contributed by atoms with van der Waals surface area (Å²) in [4.78, 5) is 37.3. The van der Waals surface area contributed by atoms with Gasteiger partial charge in [0.1, 0.15) is 11.8 Å². The zero-order chi connectivity index (χ0) is 17.5. The van der Waals surface area contributed by atoms with Gasteiger partial charge in [0.2, 0.25) is 11.8 Å². The fourth-order valence-corrected chi connectivity index (χ4v) is 2.75. The van der Waals surface area contributed by atoms with Crippen LogP contribution in [0.15, 0.2) is 24.3 Å². The summed E-state index contributed by atoms with van der Waals surface area (Å²) >= 11 is 0. The zero-order valence-corrected chi connectivity index (χ0v) is 13.9. The summed E-state index contributed by atoms with van der Waals surface area (Å²) in [5, 5.41) is 2.60. The molecule has 0 aliphatic carbocycles. The maximum Gasteiger partial charge on any atom is 0.328 e. The number of likely N-dealkylation sites (tertiary alicyclic amines) is 1. The van der Waals surface area contributed by atoms with Crippen LogP contribution < -0.4 is 10.1 Å². The van der Waals surface area contributed by atoms with Gasteiger partial charge in [-0.25, -0.2) is 4.79 Å². The molecule has 2 rings (SSSR count). The molecule has 1 aromatic carbocycles. The molecule has 24 heavy (non-hydrogen) atoms. The molecule has 1 aliphatic heterocycles. The van der Waals surface area contributed by atoms with Crippen molar-refractivity contribution in [2.24, 2.45) is 0 Å². The maximum atomic E-state index is 12.2. The number of nitrogens with zero attached hydrogens (tertiary/aromatic N) is 1. The molecule has 1 aliphatic rings. The number of methoxy groups -OCH3 is 2. The lowest BCUT2D eigenvalue weighted by Gasteiger charge is -2.22. The Hall–Kier alpha value is -2.57. The molecule has 1 saturated heterocycles. The van der Waals surface area contributed by atoms with Crippen LogP contribution in [0.1, 0.15) is 18.4 Å². The number of esters is 1. The third-order valence-electron chi connectivity index (χ3n) is 3.98. The molecule has 7 nitrogen and oxygen atoms in total. The third kappa shape index (κ3) is 4.47. The summed E-state index contributed by atoms with van der Waals surface area (Å²) in [7, 11) is 2.87. The van der Waals surface area contributed by atoms with Gasteiger partial charge in [-0.15, -0.1) is 0 Å². The van der Waals surface area contributed by atoms with Crippen molar-refractivity contribution in [2.75, 3.05) is 27.3 Å². The first-order valence-electron chi connectivity index (χ1n) is 7.82. The maximum absolute atomic E-state index is 12.2. The number of carbonyl (C=O) groups is 3. The molecule has 1 aromatic rings. The third-order valence-corrected chi connectivity index (χ3v) is 3.98. The molecule has 0 radical (unpaired) electrons. The van der Waals surface area contributed by atoms with Crippen molar-refractivity contribution in [3.63, 3.8) is 0 Å². The van der Waals surface area contributed by atoms with Crippen molar-refractivity contribution < 1.29 is 23.9 Å². The van der Waals surface area contributed by atoms with Gasteiger partial charge in [0.05, 0.1) is 27.2 Å². The molecule has 1 fully saturated rings. The Morgan fingerprint density at radius 3 is 2.79 bits per heavy atom. The van der Waals surface area contributed by atoms with Crippen LogP contribution in [0.25, 0.3) is 0 Å². The summed E-state index contributed by atoms with van der Waals surface area (Å²) in [6, 6.07) is 6.65. The first kappa shape index (κ1) is 17.8. The van der Waals surface area contributed by atoms with Gasteiger partial charge >= 0.3 is 5.97 Å². The van der Waals surface area contributed by atoms with Crippen molar-refractivity contribution in [2.45, 2.75) is 25.3 Å². The quantitative estimate of drug-likeness (QED) is 0.767. The van der Waals surface area contributed by atoms with Crippen LogP contribution in [-0.2, 0) is 25.5 Å². The highest BCUT2D eigenvalue weighted by Crippen LogP contribution is 2.18. The summed E-state index contributed by atoms with van der Waals surface area (Å²) in [5.74, 6) is -0.273. The second-order valence-electron chi connectivity index (χ2n) is 5.57. The topological polar surface area (TPSA) is 84.9 Å². The second-order valence-corrected chi connectivity index (χ2v) is 5.57. The number of benzene rings is 1. The Kier molecular flexibility index (Phi) is 6.17. The highest BCUT2D eigenvalue weighted by atomic mass is 16.5. The number of nitrogens with one attached hydrogen (secondary N) is 1.